The summed E-state index contributed by atoms with van der Waals surface area (Å²) in [6, 6.07) is 5.37. The van der Waals surface area contributed by atoms with E-state index in [4.69, 9.17) is 17.1 Å². The summed E-state index contributed by atoms with van der Waals surface area (Å²) in [5.41, 5.74) is 10.5. The van der Waals surface area contributed by atoms with E-state index < -0.39 is 0 Å². The van der Waals surface area contributed by atoms with Gasteiger partial charge in [0, 0.05) is 15.6 Å². The number of imidazole rings is 1. The minimum Gasteiger partial charge on any atom is -0.290 e. The van der Waals surface area contributed by atoms with Gasteiger partial charge in [0.15, 0.2) is 0 Å². The lowest BCUT2D eigenvalue weighted by atomic mass is 10.2. The van der Waals surface area contributed by atoms with Crippen molar-refractivity contribution in [2.24, 2.45) is 5.11 Å². The van der Waals surface area contributed by atoms with Gasteiger partial charge in [-0.3, -0.25) is 4.57 Å². The van der Waals surface area contributed by atoms with Crippen LogP contribution in [-0.2, 0) is 0 Å². The van der Waals surface area contributed by atoms with Gasteiger partial charge in [0.1, 0.15) is 0 Å². The molecule has 5 nitrogen and oxygen atoms in total. The molecule has 0 aliphatic heterocycles. The number of halogens is 2. The van der Waals surface area contributed by atoms with Crippen molar-refractivity contribution >= 4 is 33.2 Å². The van der Waals surface area contributed by atoms with Gasteiger partial charge in [-0.05, 0) is 42.3 Å². The molecule has 1 aromatic carbocycles. The maximum absolute atomic E-state index is 8.54. The van der Waals surface area contributed by atoms with E-state index in [0.29, 0.717) is 16.7 Å². The molecule has 1 heterocycles. The van der Waals surface area contributed by atoms with Crippen LogP contribution in [0.3, 0.4) is 0 Å². The Morgan fingerprint density at radius 2 is 2.29 bits per heavy atom. The third-order valence-electron chi connectivity index (χ3n) is 2.13. The van der Waals surface area contributed by atoms with E-state index in [-0.39, 0.29) is 0 Å². The number of rotatable bonds is 2. The Hall–Kier alpha value is -1.49. The van der Waals surface area contributed by atoms with Crippen LogP contribution in [0.4, 0.5) is 5.69 Å². The van der Waals surface area contributed by atoms with Crippen molar-refractivity contribution in [3.05, 3.63) is 50.3 Å². The standard InChI is InChI=1S/C10H7BrClN5/c1-6-5-17(10(12)14-6)9-3-2-7(11)4-8(9)15-16-13/h2-5H,1H3. The van der Waals surface area contributed by atoms with Crippen molar-refractivity contribution in [1.82, 2.24) is 9.55 Å². The van der Waals surface area contributed by atoms with E-state index in [1.165, 1.54) is 0 Å². The van der Waals surface area contributed by atoms with Crippen LogP contribution >= 0.6 is 27.5 Å². The molecule has 86 valence electrons. The Labute approximate surface area is 111 Å². The smallest absolute Gasteiger partial charge is 0.207 e. The lowest BCUT2D eigenvalue weighted by molar-refractivity contribution is 1.05. The highest BCUT2D eigenvalue weighted by atomic mass is 79.9. The summed E-state index contributed by atoms with van der Waals surface area (Å²) >= 11 is 9.32. The quantitative estimate of drug-likeness (QED) is 0.456. The van der Waals surface area contributed by atoms with Gasteiger partial charge in [-0.1, -0.05) is 21.0 Å². The van der Waals surface area contributed by atoms with Crippen molar-refractivity contribution in [1.29, 1.82) is 0 Å². The van der Waals surface area contributed by atoms with E-state index in [9.17, 15) is 0 Å². The molecule has 0 saturated heterocycles. The summed E-state index contributed by atoms with van der Waals surface area (Å²) < 4.78 is 2.50. The third kappa shape index (κ3) is 2.44. The molecule has 7 heteroatoms. The number of hydrogen-bond acceptors (Lipinski definition) is 2. The van der Waals surface area contributed by atoms with Gasteiger partial charge in [0.25, 0.3) is 0 Å². The second-order valence-corrected chi connectivity index (χ2v) is 4.60. The molecule has 0 fully saturated rings. The highest BCUT2D eigenvalue weighted by molar-refractivity contribution is 9.10. The van der Waals surface area contributed by atoms with Crippen LogP contribution in [-0.4, -0.2) is 9.55 Å². The zero-order chi connectivity index (χ0) is 12.4. The first-order valence-electron chi connectivity index (χ1n) is 4.68. The average molecular weight is 313 g/mol. The highest BCUT2D eigenvalue weighted by Crippen LogP contribution is 2.29. The van der Waals surface area contributed by atoms with Crippen LogP contribution in [0.15, 0.2) is 34.0 Å². The summed E-state index contributed by atoms with van der Waals surface area (Å²) in [6.45, 7) is 1.84. The first-order valence-corrected chi connectivity index (χ1v) is 5.85. The van der Waals surface area contributed by atoms with E-state index in [2.05, 4.69) is 30.9 Å². The molecular formula is C10H7BrClN5. The van der Waals surface area contributed by atoms with Gasteiger partial charge in [-0.2, -0.15) is 0 Å². The highest BCUT2D eigenvalue weighted by Gasteiger charge is 2.09. The predicted molar refractivity (Wildman–Crippen MR) is 69.8 cm³/mol. The number of hydrogen-bond donors (Lipinski definition) is 0. The van der Waals surface area contributed by atoms with Crippen LogP contribution < -0.4 is 0 Å². The Morgan fingerprint density at radius 1 is 1.53 bits per heavy atom. The summed E-state index contributed by atoms with van der Waals surface area (Å²) in [7, 11) is 0. The Kier molecular flexibility index (Phi) is 3.38. The van der Waals surface area contributed by atoms with Crippen LogP contribution in [0.5, 0.6) is 0 Å². The van der Waals surface area contributed by atoms with Crippen molar-refractivity contribution < 1.29 is 0 Å². The topological polar surface area (TPSA) is 66.6 Å². The van der Waals surface area contributed by atoms with Crippen LogP contribution in [0.2, 0.25) is 5.28 Å². The lowest BCUT2D eigenvalue weighted by Gasteiger charge is -2.07. The van der Waals surface area contributed by atoms with Gasteiger partial charge in [-0.25, -0.2) is 4.98 Å². The molecule has 2 aromatic rings. The molecule has 0 atom stereocenters. The molecule has 0 bridgehead atoms. The molecule has 0 amide bonds. The number of benzene rings is 1. The first kappa shape index (κ1) is 12.0. The zero-order valence-electron chi connectivity index (χ0n) is 8.80. The molecular weight excluding hydrogens is 306 g/mol. The molecule has 0 unspecified atom stereocenters. The molecule has 0 aliphatic carbocycles. The number of aryl methyl sites for hydroxylation is 1. The second kappa shape index (κ2) is 4.79. The van der Waals surface area contributed by atoms with Gasteiger partial charge in [0.2, 0.25) is 5.28 Å². The van der Waals surface area contributed by atoms with E-state index >= 15 is 0 Å². The minimum atomic E-state index is 0.333. The van der Waals surface area contributed by atoms with Crippen LogP contribution in [0, 0.1) is 6.92 Å². The van der Waals surface area contributed by atoms with Crippen molar-refractivity contribution in [3.8, 4) is 5.69 Å². The monoisotopic (exact) mass is 311 g/mol. The summed E-state index contributed by atoms with van der Waals surface area (Å²) in [4.78, 5) is 6.89. The van der Waals surface area contributed by atoms with Gasteiger partial charge in [0.05, 0.1) is 17.1 Å². The fourth-order valence-corrected chi connectivity index (χ4v) is 2.09. The fourth-order valence-electron chi connectivity index (χ4n) is 1.47. The largest absolute Gasteiger partial charge is 0.290 e. The molecule has 0 N–H and O–H groups in total. The second-order valence-electron chi connectivity index (χ2n) is 3.34. The number of nitrogens with zero attached hydrogens (tertiary/aromatic N) is 5. The van der Waals surface area contributed by atoms with Crippen LogP contribution in [0.25, 0.3) is 16.1 Å². The molecule has 0 radical (unpaired) electrons. The van der Waals surface area contributed by atoms with E-state index in [1.807, 2.05) is 13.0 Å². The minimum absolute atomic E-state index is 0.333. The Bertz CT molecular complexity index is 615. The fraction of sp³-hybridized carbons (Fsp3) is 0.100. The predicted octanol–water partition coefficient (Wildman–Crippen LogP) is 4.54. The molecule has 0 saturated carbocycles. The Morgan fingerprint density at radius 3 is 2.88 bits per heavy atom. The van der Waals surface area contributed by atoms with Crippen molar-refractivity contribution in [2.75, 3.05) is 0 Å². The summed E-state index contributed by atoms with van der Waals surface area (Å²) in [6.07, 6.45) is 1.78. The maximum Gasteiger partial charge on any atom is 0.207 e. The number of aromatic nitrogens is 2. The van der Waals surface area contributed by atoms with Gasteiger partial charge in [-0.15, -0.1) is 0 Å². The number of azide groups is 1. The summed E-state index contributed by atoms with van der Waals surface area (Å²) in [5, 5.41) is 3.97. The Balaban J connectivity index is 2.66. The molecule has 1 aromatic heterocycles. The van der Waals surface area contributed by atoms with Gasteiger partial charge >= 0.3 is 0 Å². The first-order chi connectivity index (χ1) is 8.11. The molecule has 17 heavy (non-hydrogen) atoms. The normalized spacial score (nSPS) is 10.1. The molecule has 0 spiro atoms. The molecule has 0 aliphatic rings. The maximum atomic E-state index is 8.54. The average Bonchev–Trinajstić information content (AvgIpc) is 2.59. The van der Waals surface area contributed by atoms with Crippen molar-refractivity contribution in [2.45, 2.75) is 6.92 Å². The van der Waals surface area contributed by atoms with E-state index in [0.717, 1.165) is 10.2 Å². The molecule has 2 rings (SSSR count). The third-order valence-corrected chi connectivity index (χ3v) is 2.89. The van der Waals surface area contributed by atoms with Crippen LogP contribution in [0.1, 0.15) is 5.69 Å². The SMILES string of the molecule is Cc1cn(-c2ccc(Br)cc2N=[N+]=[N-])c(Cl)n1. The zero-order valence-corrected chi connectivity index (χ0v) is 11.1. The van der Waals surface area contributed by atoms with E-state index in [1.54, 1.807) is 22.9 Å². The van der Waals surface area contributed by atoms with Crippen molar-refractivity contribution in [3.63, 3.8) is 0 Å². The lowest BCUT2D eigenvalue weighted by Crippen LogP contribution is -1.92. The van der Waals surface area contributed by atoms with Gasteiger partial charge < -0.3 is 0 Å². The summed E-state index contributed by atoms with van der Waals surface area (Å²) in [5.74, 6) is 0.